The molecule has 2 aliphatic carbocycles. The minimum absolute atomic E-state index is 0.317. The van der Waals surface area contributed by atoms with Crippen molar-refractivity contribution in [3.8, 4) is 34.5 Å². The topological polar surface area (TPSA) is 390 Å². The number of ether oxygens (including phenoxy) is 7. The zero-order valence-corrected chi connectivity index (χ0v) is 28.3. The van der Waals surface area contributed by atoms with Gasteiger partial charge in [0.15, 0.2) is 47.6 Å². The summed E-state index contributed by atoms with van der Waals surface area (Å²) in [6.45, 7) is -1.18. The number of fused-ring (bicyclic) bond motifs is 2. The number of cyclic esters (lactones) is 1. The van der Waals surface area contributed by atoms with Crippen LogP contribution in [0.4, 0.5) is 0 Å². The maximum absolute atomic E-state index is 14.3. The lowest BCUT2D eigenvalue weighted by Gasteiger charge is -2.49. The lowest BCUT2D eigenvalue weighted by Crippen LogP contribution is -2.70. The Hall–Kier alpha value is -6.38. The van der Waals surface area contributed by atoms with Crippen molar-refractivity contribution in [2.75, 3.05) is 6.61 Å². The number of phenolic OH excluding ortho intramolecular Hbond substituents is 4. The first-order valence-electron chi connectivity index (χ1n) is 16.6. The van der Waals surface area contributed by atoms with Crippen LogP contribution in [0.1, 0.15) is 43.7 Å². The lowest BCUT2D eigenvalue weighted by molar-refractivity contribution is -0.339. The Morgan fingerprint density at radius 3 is 1.48 bits per heavy atom. The van der Waals surface area contributed by atoms with Crippen molar-refractivity contribution in [3.63, 3.8) is 0 Å². The van der Waals surface area contributed by atoms with Gasteiger partial charge in [-0.05, 0) is 24.3 Å². The summed E-state index contributed by atoms with van der Waals surface area (Å²) in [5, 5.41) is 121. The molecule has 11 N–H and O–H groups in total. The molecule has 0 unspecified atom stereocenters. The summed E-state index contributed by atoms with van der Waals surface area (Å²) >= 11 is 0. The maximum Gasteiger partial charge on any atom is 0.339 e. The molecule has 1 saturated heterocycles. The van der Waals surface area contributed by atoms with Crippen molar-refractivity contribution in [1.82, 2.24) is 0 Å². The fourth-order valence-electron chi connectivity index (χ4n) is 8.10. The minimum Gasteiger partial charge on any atom is -0.504 e. The highest BCUT2D eigenvalue weighted by atomic mass is 16.7. The molecule has 58 heavy (non-hydrogen) atoms. The number of carbonyl (C=O) groups excluding carboxylic acids is 6. The molecule has 0 radical (unpaired) electrons. The normalized spacial score (nSPS) is 35.1. The molecule has 9 atom stereocenters. The highest BCUT2D eigenvalue weighted by Gasteiger charge is 2.72. The van der Waals surface area contributed by atoms with Crippen LogP contribution >= 0.6 is 0 Å². The van der Waals surface area contributed by atoms with Crippen molar-refractivity contribution in [3.05, 3.63) is 57.7 Å². The van der Waals surface area contributed by atoms with E-state index in [-0.39, 0.29) is 0 Å². The molecule has 8 bridgehead atoms. The molecule has 7 aliphatic rings. The third-order valence-electron chi connectivity index (χ3n) is 10.9. The minimum atomic E-state index is -3.87. The lowest BCUT2D eigenvalue weighted by atomic mass is 9.70. The van der Waals surface area contributed by atoms with Gasteiger partial charge in [0.05, 0.1) is 34.1 Å². The van der Waals surface area contributed by atoms with Crippen LogP contribution in [-0.4, -0.2) is 152 Å². The Morgan fingerprint density at radius 1 is 0.569 bits per heavy atom. The van der Waals surface area contributed by atoms with Gasteiger partial charge < -0.3 is 89.3 Å². The number of esters is 4. The van der Waals surface area contributed by atoms with Gasteiger partial charge in [-0.2, -0.15) is 0 Å². The second kappa shape index (κ2) is 11.4. The third-order valence-corrected chi connectivity index (χ3v) is 10.9. The third kappa shape index (κ3) is 4.44. The van der Waals surface area contributed by atoms with Crippen molar-refractivity contribution in [2.24, 2.45) is 0 Å². The summed E-state index contributed by atoms with van der Waals surface area (Å²) in [5.41, 5.74) is -5.92. The van der Waals surface area contributed by atoms with E-state index < -0.39 is 176 Å². The maximum atomic E-state index is 14.3. The monoisotopic (exact) mass is 816 g/mol. The number of ketones is 2. The van der Waals surface area contributed by atoms with E-state index >= 15 is 0 Å². The summed E-state index contributed by atoms with van der Waals surface area (Å²) in [6, 6.07) is 0.923. The van der Waals surface area contributed by atoms with Gasteiger partial charge in [0.25, 0.3) is 11.6 Å². The molecule has 2 aromatic rings. The molecule has 9 rings (SSSR count). The Labute approximate surface area is 318 Å². The fourth-order valence-corrected chi connectivity index (χ4v) is 8.10. The molecule has 5 aliphatic heterocycles. The van der Waals surface area contributed by atoms with E-state index in [1.807, 2.05) is 0 Å². The predicted molar refractivity (Wildman–Crippen MR) is 167 cm³/mol. The molecule has 0 amide bonds. The summed E-state index contributed by atoms with van der Waals surface area (Å²) in [6.07, 6.45) is -10.8. The van der Waals surface area contributed by atoms with Crippen LogP contribution in [0.25, 0.3) is 0 Å². The molecule has 0 saturated carbocycles. The average molecular weight is 817 g/mol. The number of aliphatic hydroxyl groups excluding tert-OH is 1. The predicted octanol–water partition coefficient (Wildman–Crippen LogP) is -4.83. The van der Waals surface area contributed by atoms with E-state index in [2.05, 4.69) is 0 Å². The first-order chi connectivity index (χ1) is 27.0. The van der Waals surface area contributed by atoms with Crippen molar-refractivity contribution in [2.45, 2.75) is 65.7 Å². The zero-order chi connectivity index (χ0) is 41.9. The Balaban J connectivity index is 1.26. The molecular formula is C34H24O24. The van der Waals surface area contributed by atoms with Crippen LogP contribution in [0.5, 0.6) is 34.5 Å². The van der Waals surface area contributed by atoms with E-state index in [1.165, 1.54) is 0 Å². The van der Waals surface area contributed by atoms with Gasteiger partial charge in [-0.1, -0.05) is 0 Å². The second-order valence-corrected chi connectivity index (χ2v) is 14.1. The van der Waals surface area contributed by atoms with E-state index in [0.29, 0.717) is 24.3 Å². The molecule has 0 spiro atoms. The van der Waals surface area contributed by atoms with E-state index in [1.54, 1.807) is 0 Å². The smallest absolute Gasteiger partial charge is 0.339 e. The van der Waals surface area contributed by atoms with Gasteiger partial charge in [0.1, 0.15) is 12.7 Å². The second-order valence-electron chi connectivity index (χ2n) is 14.1. The van der Waals surface area contributed by atoms with Crippen molar-refractivity contribution < 1.29 is 118 Å². The average Bonchev–Trinajstić information content (AvgIpc) is 3.14. The molecule has 304 valence electrons. The van der Waals surface area contributed by atoms with Gasteiger partial charge >= 0.3 is 35.5 Å². The molecule has 5 heterocycles. The number of carbonyl (C=O) groups is 6. The Kier molecular flexibility index (Phi) is 7.31. The van der Waals surface area contributed by atoms with Crippen molar-refractivity contribution in [1.29, 1.82) is 0 Å². The quantitative estimate of drug-likeness (QED) is 0.0514. The molecule has 1 fully saturated rings. The number of hydrogen-bond donors (Lipinski definition) is 11. The molecule has 2 aromatic carbocycles. The van der Waals surface area contributed by atoms with E-state index in [9.17, 15) is 84.9 Å². The Morgan fingerprint density at radius 2 is 1.00 bits per heavy atom. The van der Waals surface area contributed by atoms with Crippen molar-refractivity contribution >= 4 is 35.4 Å². The SMILES string of the molecule is O=C1OC[C@H]2O[C@@H](O)[C@H]3OC(=O)c4cc(O)c(O)c5c4[C@@H]4C(=CC(=O)[C@@](O)(O5)C4(O)O)C(=O)O[C@H]2[C@H]3OC(=O)c2cc(O)c(O)c3c2[C@@H]2C1=CC(=O)[C@](O)(O3)C2(O)O. The first kappa shape index (κ1) is 37.2. The highest BCUT2D eigenvalue weighted by molar-refractivity contribution is 6.10. The number of benzene rings is 2. The van der Waals surface area contributed by atoms with Crippen LogP contribution in [0.15, 0.2) is 35.4 Å². The number of aliphatic hydroxyl groups is 7. The number of aromatic hydroxyl groups is 4. The zero-order valence-electron chi connectivity index (χ0n) is 28.3. The first-order valence-corrected chi connectivity index (χ1v) is 16.6. The summed E-state index contributed by atoms with van der Waals surface area (Å²) in [7, 11) is 0. The van der Waals surface area contributed by atoms with Gasteiger partial charge in [-0.25, -0.2) is 19.2 Å². The van der Waals surface area contributed by atoms with Gasteiger partial charge in [0.2, 0.25) is 23.1 Å². The fraction of sp³-hybridized carbons (Fsp3) is 0.353. The van der Waals surface area contributed by atoms with Crippen LogP contribution in [0, 0.1) is 0 Å². The van der Waals surface area contributed by atoms with Crippen LogP contribution in [0.3, 0.4) is 0 Å². The summed E-state index contributed by atoms with van der Waals surface area (Å²) < 4.78 is 37.5. The van der Waals surface area contributed by atoms with Crippen LogP contribution < -0.4 is 9.47 Å². The molecule has 0 aromatic heterocycles. The summed E-state index contributed by atoms with van der Waals surface area (Å²) in [5.74, 6) is -37.5. The van der Waals surface area contributed by atoms with Gasteiger partial charge in [0, 0.05) is 11.1 Å². The van der Waals surface area contributed by atoms with Crippen LogP contribution in [0.2, 0.25) is 0 Å². The van der Waals surface area contributed by atoms with Gasteiger partial charge in [-0.3, -0.25) is 9.59 Å². The number of rotatable bonds is 0. The number of hydrogen-bond acceptors (Lipinski definition) is 24. The Bertz CT molecular complexity index is 2430. The standard InChI is InChI=1S/C34H24O24/c35-10-1-6-15-17-8(3-13(37)33(50,31(17,46)47)57-22(15)19(10)39)26(41)52-5-12-21-24(55-27(6)42)25(30(45)53-12)56-28(43)7-2-11(36)20(40)23-16(7)18-9(29(44)54-21)4-14(38)34(51,58-23)32(18,48)49/h1-4,12,17-18,21,24-25,30,35-36,39-40,45-51H,5H2/t12-,17+,18+,21-,24-,25+,30-,33+,34-/m1/s1. The van der Waals surface area contributed by atoms with E-state index in [0.717, 1.165) is 0 Å². The van der Waals surface area contributed by atoms with Gasteiger partial charge in [-0.15, -0.1) is 0 Å². The molecule has 24 heteroatoms. The molecular weight excluding hydrogens is 792 g/mol. The van der Waals surface area contributed by atoms with E-state index in [4.69, 9.17) is 33.2 Å². The number of phenols is 4. The summed E-state index contributed by atoms with van der Waals surface area (Å²) in [4.78, 5) is 82.5. The largest absolute Gasteiger partial charge is 0.504 e. The van der Waals surface area contributed by atoms with Crippen LogP contribution in [-0.2, 0) is 42.9 Å². The molecule has 24 nitrogen and oxygen atoms in total. The highest BCUT2D eigenvalue weighted by Crippen LogP contribution is 2.60.